The number of hydrogen-bond donors (Lipinski definition) is 0. The van der Waals surface area contributed by atoms with Crippen LogP contribution < -0.4 is 5.56 Å². The van der Waals surface area contributed by atoms with Crippen molar-refractivity contribution in [3.8, 4) is 6.07 Å². The van der Waals surface area contributed by atoms with Crippen molar-refractivity contribution in [3.05, 3.63) is 34.6 Å². The molecule has 0 aliphatic rings. The summed E-state index contributed by atoms with van der Waals surface area (Å²) in [4.78, 5) is 17.5. The Labute approximate surface area is 136 Å². The summed E-state index contributed by atoms with van der Waals surface area (Å²) in [5.41, 5.74) is 0.777. The molecule has 2 aromatic heterocycles. The van der Waals surface area contributed by atoms with Gasteiger partial charge in [-0.2, -0.15) is 5.26 Å². The lowest BCUT2D eigenvalue weighted by Gasteiger charge is -2.10. The molecular weight excluding hydrogens is 314 g/mol. The van der Waals surface area contributed by atoms with E-state index in [4.69, 9.17) is 10.2 Å². The minimum atomic E-state index is 0.0140. The van der Waals surface area contributed by atoms with Crippen LogP contribution >= 0.6 is 23.1 Å². The molecule has 112 valence electrons. The van der Waals surface area contributed by atoms with Crippen molar-refractivity contribution in [1.29, 1.82) is 5.26 Å². The summed E-state index contributed by atoms with van der Waals surface area (Å²) < 4.78 is 3.51. The lowest BCUT2D eigenvalue weighted by Crippen LogP contribution is -2.22. The number of rotatable bonds is 5. The monoisotopic (exact) mass is 329 g/mol. The molecule has 22 heavy (non-hydrogen) atoms. The smallest absolute Gasteiger partial charge is 0.272 e. The Morgan fingerprint density at radius 1 is 1.41 bits per heavy atom. The Hall–Kier alpha value is -1.84. The van der Waals surface area contributed by atoms with E-state index in [1.165, 1.54) is 23.1 Å². The molecule has 0 radical (unpaired) electrons. The van der Waals surface area contributed by atoms with E-state index in [0.29, 0.717) is 22.2 Å². The van der Waals surface area contributed by atoms with Crippen LogP contribution in [0, 0.1) is 11.3 Å². The van der Waals surface area contributed by atoms with Gasteiger partial charge in [-0.1, -0.05) is 43.3 Å². The molecule has 4 nitrogen and oxygen atoms in total. The summed E-state index contributed by atoms with van der Waals surface area (Å²) in [6, 6.07) is 10.0. The fourth-order valence-corrected chi connectivity index (χ4v) is 4.14. The molecule has 0 fully saturated rings. The third-order valence-corrected chi connectivity index (χ3v) is 5.44. The number of thioether (sulfide) groups is 1. The lowest BCUT2D eigenvalue weighted by atomic mass is 10.2. The molecule has 2 heterocycles. The summed E-state index contributed by atoms with van der Waals surface area (Å²) in [7, 11) is 0. The summed E-state index contributed by atoms with van der Waals surface area (Å²) in [5.74, 6) is 0.298. The van der Waals surface area contributed by atoms with Gasteiger partial charge in [0.25, 0.3) is 5.56 Å². The van der Waals surface area contributed by atoms with Crippen LogP contribution in [0.2, 0.25) is 0 Å². The molecule has 0 spiro atoms. The van der Waals surface area contributed by atoms with Crippen molar-refractivity contribution in [1.82, 2.24) is 9.55 Å². The van der Waals surface area contributed by atoms with Gasteiger partial charge in [-0.25, -0.2) is 4.98 Å². The molecule has 0 amide bonds. The van der Waals surface area contributed by atoms with Gasteiger partial charge in [0.05, 0.1) is 17.3 Å². The topological polar surface area (TPSA) is 58.7 Å². The van der Waals surface area contributed by atoms with Crippen molar-refractivity contribution in [2.24, 2.45) is 0 Å². The maximum atomic E-state index is 12.8. The van der Waals surface area contributed by atoms with E-state index < -0.39 is 0 Å². The molecule has 0 N–H and O–H groups in total. The Morgan fingerprint density at radius 2 is 2.23 bits per heavy atom. The molecule has 0 aliphatic heterocycles. The second kappa shape index (κ2) is 6.51. The Balaban J connectivity index is 2.26. The van der Waals surface area contributed by atoms with Gasteiger partial charge < -0.3 is 0 Å². The largest absolute Gasteiger partial charge is 0.286 e. The molecule has 3 rings (SSSR count). The van der Waals surface area contributed by atoms with Gasteiger partial charge in [0.1, 0.15) is 4.70 Å². The van der Waals surface area contributed by atoms with Crippen LogP contribution in [0.4, 0.5) is 0 Å². The van der Waals surface area contributed by atoms with Gasteiger partial charge in [-0.3, -0.25) is 9.36 Å². The van der Waals surface area contributed by atoms with Crippen LogP contribution in [0.25, 0.3) is 20.3 Å². The average molecular weight is 329 g/mol. The van der Waals surface area contributed by atoms with E-state index in [1.54, 1.807) is 4.57 Å². The standard InChI is InChI=1S/C16H15N3OS2/c1-2-3-9-19-15(20)14-13(18-16(19)21-10-8-17)11-6-4-5-7-12(11)22-14/h4-7H,2-3,9-10H2,1H3. The summed E-state index contributed by atoms with van der Waals surface area (Å²) in [5, 5.41) is 10.5. The number of fused-ring (bicyclic) bond motifs is 3. The molecule has 0 bridgehead atoms. The summed E-state index contributed by atoms with van der Waals surface area (Å²) in [6.07, 6.45) is 1.94. The van der Waals surface area contributed by atoms with Gasteiger partial charge in [-0.15, -0.1) is 11.3 Å². The second-order valence-corrected chi connectivity index (χ2v) is 6.92. The molecule has 0 saturated heterocycles. The SMILES string of the molecule is CCCCn1c(SCC#N)nc2c(sc3ccccc32)c1=O. The van der Waals surface area contributed by atoms with Gasteiger partial charge in [0.15, 0.2) is 5.16 Å². The quantitative estimate of drug-likeness (QED) is 0.524. The summed E-state index contributed by atoms with van der Waals surface area (Å²) in [6.45, 7) is 2.75. The van der Waals surface area contributed by atoms with Crippen LogP contribution in [-0.2, 0) is 6.54 Å². The van der Waals surface area contributed by atoms with Crippen molar-refractivity contribution in [2.75, 3.05) is 5.75 Å². The number of nitriles is 1. The predicted octanol–water partition coefficient (Wildman–Crippen LogP) is 4.03. The molecule has 3 aromatic rings. The highest BCUT2D eigenvalue weighted by atomic mass is 32.2. The Bertz CT molecular complexity index is 921. The number of unbranched alkanes of at least 4 members (excludes halogenated alkanes) is 1. The second-order valence-electron chi connectivity index (χ2n) is 4.93. The zero-order valence-corrected chi connectivity index (χ0v) is 13.8. The third-order valence-electron chi connectivity index (χ3n) is 3.45. The van der Waals surface area contributed by atoms with Gasteiger partial charge in [0, 0.05) is 16.6 Å². The number of nitrogens with zero attached hydrogens (tertiary/aromatic N) is 3. The average Bonchev–Trinajstić information content (AvgIpc) is 2.91. The molecule has 6 heteroatoms. The number of hydrogen-bond acceptors (Lipinski definition) is 5. The summed E-state index contributed by atoms with van der Waals surface area (Å²) >= 11 is 2.83. The van der Waals surface area contributed by atoms with E-state index >= 15 is 0 Å². The van der Waals surface area contributed by atoms with Crippen molar-refractivity contribution < 1.29 is 0 Å². The fraction of sp³-hybridized carbons (Fsp3) is 0.312. The van der Waals surface area contributed by atoms with E-state index in [-0.39, 0.29) is 5.56 Å². The number of thiophene rings is 1. The van der Waals surface area contributed by atoms with Crippen LogP contribution in [0.3, 0.4) is 0 Å². The molecule has 0 unspecified atom stereocenters. The first-order valence-corrected chi connectivity index (χ1v) is 8.98. The minimum absolute atomic E-state index is 0.0140. The number of benzene rings is 1. The normalized spacial score (nSPS) is 11.1. The number of aromatic nitrogens is 2. The maximum Gasteiger partial charge on any atom is 0.272 e. The van der Waals surface area contributed by atoms with Gasteiger partial charge in [0.2, 0.25) is 0 Å². The molecule has 1 aromatic carbocycles. The van der Waals surface area contributed by atoms with E-state index in [9.17, 15) is 4.79 Å². The first kappa shape index (κ1) is 15.1. The first-order chi connectivity index (χ1) is 10.8. The third kappa shape index (κ3) is 2.62. The molecular formula is C16H15N3OS2. The predicted molar refractivity (Wildman–Crippen MR) is 92.6 cm³/mol. The van der Waals surface area contributed by atoms with Crippen LogP contribution in [0.15, 0.2) is 34.2 Å². The Morgan fingerprint density at radius 3 is 3.00 bits per heavy atom. The minimum Gasteiger partial charge on any atom is -0.286 e. The van der Waals surface area contributed by atoms with E-state index in [2.05, 4.69) is 13.0 Å². The highest BCUT2D eigenvalue weighted by Crippen LogP contribution is 2.31. The molecule has 0 saturated carbocycles. The zero-order valence-electron chi connectivity index (χ0n) is 12.2. The molecule has 0 aliphatic carbocycles. The van der Waals surface area contributed by atoms with Gasteiger partial charge >= 0.3 is 0 Å². The highest BCUT2D eigenvalue weighted by Gasteiger charge is 2.15. The van der Waals surface area contributed by atoms with Gasteiger partial charge in [-0.05, 0) is 12.5 Å². The van der Waals surface area contributed by atoms with E-state index in [1.807, 2.05) is 24.3 Å². The van der Waals surface area contributed by atoms with Crippen LogP contribution in [0.5, 0.6) is 0 Å². The van der Waals surface area contributed by atoms with Crippen molar-refractivity contribution in [2.45, 2.75) is 31.5 Å². The Kier molecular flexibility index (Phi) is 4.46. The van der Waals surface area contributed by atoms with Crippen molar-refractivity contribution >= 4 is 43.4 Å². The van der Waals surface area contributed by atoms with E-state index in [0.717, 1.165) is 28.4 Å². The first-order valence-electron chi connectivity index (χ1n) is 7.18. The maximum absolute atomic E-state index is 12.8. The van der Waals surface area contributed by atoms with Crippen LogP contribution in [0.1, 0.15) is 19.8 Å². The highest BCUT2D eigenvalue weighted by molar-refractivity contribution is 7.99. The lowest BCUT2D eigenvalue weighted by molar-refractivity contribution is 0.559. The van der Waals surface area contributed by atoms with Crippen molar-refractivity contribution in [3.63, 3.8) is 0 Å². The fourth-order valence-electron chi connectivity index (χ4n) is 2.37. The zero-order chi connectivity index (χ0) is 15.5. The molecule has 0 atom stereocenters. The van der Waals surface area contributed by atoms with Crippen LogP contribution in [-0.4, -0.2) is 15.3 Å².